The first-order chi connectivity index (χ1) is 13.4. The van der Waals surface area contributed by atoms with Crippen LogP contribution in [0.2, 0.25) is 0 Å². The zero-order chi connectivity index (χ0) is 20.3. The van der Waals surface area contributed by atoms with Gasteiger partial charge in [0, 0.05) is 44.0 Å². The molecule has 28 heavy (non-hydrogen) atoms. The lowest BCUT2D eigenvalue weighted by Crippen LogP contribution is -2.42. The molecule has 2 bridgehead atoms. The van der Waals surface area contributed by atoms with Gasteiger partial charge in [0.25, 0.3) is 5.91 Å². The molecule has 152 valence electrons. The average Bonchev–Trinajstić information content (AvgIpc) is 2.86. The van der Waals surface area contributed by atoms with Crippen LogP contribution < -0.4 is 5.32 Å². The van der Waals surface area contributed by atoms with Crippen LogP contribution in [0.3, 0.4) is 0 Å². The summed E-state index contributed by atoms with van der Waals surface area (Å²) in [5.41, 5.74) is 2.01. The van der Waals surface area contributed by atoms with E-state index in [4.69, 9.17) is 4.74 Å². The van der Waals surface area contributed by atoms with Crippen LogP contribution >= 0.6 is 0 Å². The van der Waals surface area contributed by atoms with E-state index in [0.717, 1.165) is 24.8 Å². The van der Waals surface area contributed by atoms with Gasteiger partial charge in [-0.05, 0) is 44.4 Å². The Balaban J connectivity index is 1.78. The summed E-state index contributed by atoms with van der Waals surface area (Å²) in [4.78, 5) is 41.3. The van der Waals surface area contributed by atoms with Crippen LogP contribution in [0.25, 0.3) is 0 Å². The van der Waals surface area contributed by atoms with Crippen LogP contribution in [-0.2, 0) is 14.3 Å². The summed E-state index contributed by atoms with van der Waals surface area (Å²) in [6, 6.07) is 5.40. The second kappa shape index (κ2) is 8.73. The van der Waals surface area contributed by atoms with Gasteiger partial charge in [-0.1, -0.05) is 12.5 Å². The molecule has 3 rings (SSSR count). The Labute approximate surface area is 166 Å². The number of fused-ring (bicyclic) bond motifs is 3. The van der Waals surface area contributed by atoms with Crippen molar-refractivity contribution in [2.24, 2.45) is 5.92 Å². The highest BCUT2D eigenvalue weighted by atomic mass is 16.5. The molecule has 2 heterocycles. The Morgan fingerprint density at radius 3 is 2.79 bits per heavy atom. The van der Waals surface area contributed by atoms with Gasteiger partial charge in [-0.2, -0.15) is 0 Å². The fourth-order valence-electron chi connectivity index (χ4n) is 3.98. The number of rotatable bonds is 5. The number of carbonyl (C=O) groups is 3. The van der Waals surface area contributed by atoms with Gasteiger partial charge in [-0.25, -0.2) is 0 Å². The Kier molecular flexibility index (Phi) is 6.34. The van der Waals surface area contributed by atoms with Crippen LogP contribution in [-0.4, -0.2) is 66.9 Å². The molecule has 0 radical (unpaired) electrons. The first kappa shape index (κ1) is 20.3. The highest BCUT2D eigenvalue weighted by molar-refractivity contribution is 5.98. The van der Waals surface area contributed by atoms with E-state index in [1.807, 2.05) is 31.9 Å². The van der Waals surface area contributed by atoms with Crippen molar-refractivity contribution in [1.29, 1.82) is 0 Å². The summed E-state index contributed by atoms with van der Waals surface area (Å²) in [6.07, 6.45) is 2.78. The molecular formula is C21H29N3O4. The van der Waals surface area contributed by atoms with Crippen LogP contribution in [0.15, 0.2) is 18.2 Å². The average molecular weight is 387 g/mol. The van der Waals surface area contributed by atoms with E-state index in [2.05, 4.69) is 5.32 Å². The second-order valence-electron chi connectivity index (χ2n) is 7.66. The minimum absolute atomic E-state index is 0.0158. The molecule has 0 spiro atoms. The predicted octanol–water partition coefficient (Wildman–Crippen LogP) is 2.05. The SMILES string of the molecule is CCOCC(=O)Nc1cc(C(=O)N2C[C@H]3CCC[C@@H](C2)N(C)C3=O)ccc1C. The molecule has 0 aliphatic carbocycles. The van der Waals surface area contributed by atoms with Crippen molar-refractivity contribution in [3.05, 3.63) is 29.3 Å². The standard InChI is InChI=1S/C21H29N3O4/c1-4-28-13-19(25)22-18-10-15(9-8-14(18)2)21(27)24-11-16-6-5-7-17(12-24)23(3)20(16)26/h8-10,16-17H,4-7,11-13H2,1-3H3,(H,22,25)/t16-,17+/m1/s1. The van der Waals surface area contributed by atoms with Gasteiger partial charge in [0.2, 0.25) is 11.8 Å². The molecule has 3 amide bonds. The first-order valence-electron chi connectivity index (χ1n) is 9.95. The third-order valence-corrected chi connectivity index (χ3v) is 5.69. The van der Waals surface area contributed by atoms with Gasteiger partial charge in [-0.3, -0.25) is 14.4 Å². The molecule has 2 aliphatic rings. The second-order valence-corrected chi connectivity index (χ2v) is 7.66. The summed E-state index contributed by atoms with van der Waals surface area (Å²) in [5.74, 6) is -0.325. The van der Waals surface area contributed by atoms with Crippen LogP contribution in [0.1, 0.15) is 42.1 Å². The maximum Gasteiger partial charge on any atom is 0.254 e. The lowest BCUT2D eigenvalue weighted by molar-refractivity contribution is -0.134. The van der Waals surface area contributed by atoms with E-state index in [1.54, 1.807) is 17.0 Å². The third-order valence-electron chi connectivity index (χ3n) is 5.69. The lowest BCUT2D eigenvalue weighted by atomic mass is 9.98. The van der Waals surface area contributed by atoms with Crippen molar-refractivity contribution in [3.63, 3.8) is 0 Å². The fourth-order valence-corrected chi connectivity index (χ4v) is 3.98. The molecule has 1 N–H and O–H groups in total. The van der Waals surface area contributed by atoms with Crippen molar-refractivity contribution in [2.75, 3.05) is 38.7 Å². The van der Waals surface area contributed by atoms with Gasteiger partial charge in [0.1, 0.15) is 6.61 Å². The maximum atomic E-state index is 13.2. The summed E-state index contributed by atoms with van der Waals surface area (Å²) in [6.45, 7) is 5.17. The predicted molar refractivity (Wildman–Crippen MR) is 106 cm³/mol. The number of amides is 3. The molecular weight excluding hydrogens is 358 g/mol. The van der Waals surface area contributed by atoms with Crippen LogP contribution in [0.5, 0.6) is 0 Å². The van der Waals surface area contributed by atoms with Gasteiger partial charge < -0.3 is 19.9 Å². The zero-order valence-corrected chi connectivity index (χ0v) is 16.9. The number of nitrogens with one attached hydrogen (secondary N) is 1. The number of nitrogens with zero attached hydrogens (tertiary/aromatic N) is 2. The van der Waals surface area contributed by atoms with Crippen molar-refractivity contribution in [1.82, 2.24) is 9.80 Å². The number of hydrogen-bond donors (Lipinski definition) is 1. The molecule has 2 saturated heterocycles. The summed E-state index contributed by atoms with van der Waals surface area (Å²) >= 11 is 0. The molecule has 0 aromatic heterocycles. The molecule has 0 unspecified atom stereocenters. The molecule has 2 aliphatic heterocycles. The number of aryl methyl sites for hydroxylation is 1. The Morgan fingerprint density at radius 2 is 2.04 bits per heavy atom. The maximum absolute atomic E-state index is 13.2. The molecule has 1 aromatic rings. The topological polar surface area (TPSA) is 79.0 Å². The number of likely N-dealkylation sites (tertiary alicyclic amines) is 1. The minimum atomic E-state index is -0.244. The van der Waals surface area contributed by atoms with E-state index >= 15 is 0 Å². The van der Waals surface area contributed by atoms with Crippen LogP contribution in [0.4, 0.5) is 5.69 Å². The molecule has 0 saturated carbocycles. The monoisotopic (exact) mass is 387 g/mol. The largest absolute Gasteiger partial charge is 0.372 e. The normalized spacial score (nSPS) is 22.0. The smallest absolute Gasteiger partial charge is 0.254 e. The van der Waals surface area contributed by atoms with E-state index in [9.17, 15) is 14.4 Å². The summed E-state index contributed by atoms with van der Waals surface area (Å²) in [5, 5.41) is 2.81. The summed E-state index contributed by atoms with van der Waals surface area (Å²) in [7, 11) is 1.84. The van der Waals surface area contributed by atoms with Crippen molar-refractivity contribution >= 4 is 23.4 Å². The van der Waals surface area contributed by atoms with Gasteiger partial charge >= 0.3 is 0 Å². The number of anilines is 1. The number of hydrogen-bond acceptors (Lipinski definition) is 4. The van der Waals surface area contributed by atoms with E-state index < -0.39 is 0 Å². The van der Waals surface area contributed by atoms with Gasteiger partial charge in [-0.15, -0.1) is 0 Å². The third kappa shape index (κ3) is 4.35. The van der Waals surface area contributed by atoms with Crippen molar-refractivity contribution in [3.8, 4) is 0 Å². The van der Waals surface area contributed by atoms with E-state index in [1.165, 1.54) is 0 Å². The quantitative estimate of drug-likeness (QED) is 0.839. The fraction of sp³-hybridized carbons (Fsp3) is 0.571. The Bertz CT molecular complexity index is 764. The Morgan fingerprint density at radius 1 is 1.25 bits per heavy atom. The zero-order valence-electron chi connectivity index (χ0n) is 16.9. The molecule has 2 atom stereocenters. The molecule has 2 fully saturated rings. The van der Waals surface area contributed by atoms with Gasteiger partial charge in [0.05, 0.1) is 5.92 Å². The molecule has 1 aromatic carbocycles. The van der Waals surface area contributed by atoms with Crippen molar-refractivity contribution in [2.45, 2.75) is 39.2 Å². The van der Waals surface area contributed by atoms with Crippen molar-refractivity contribution < 1.29 is 19.1 Å². The van der Waals surface area contributed by atoms with Gasteiger partial charge in [0.15, 0.2) is 0 Å². The first-order valence-corrected chi connectivity index (χ1v) is 9.95. The number of benzene rings is 1. The highest BCUT2D eigenvalue weighted by Crippen LogP contribution is 2.28. The number of ether oxygens (including phenoxy) is 1. The van der Waals surface area contributed by atoms with Crippen LogP contribution in [0, 0.1) is 12.8 Å². The number of likely N-dealkylation sites (N-methyl/N-ethyl adjacent to an activating group) is 1. The number of carbonyl (C=O) groups excluding carboxylic acids is 3. The molecule has 7 nitrogen and oxygen atoms in total. The summed E-state index contributed by atoms with van der Waals surface area (Å²) < 4.78 is 5.13. The minimum Gasteiger partial charge on any atom is -0.372 e. The van der Waals surface area contributed by atoms with E-state index in [0.29, 0.717) is 30.9 Å². The molecule has 7 heteroatoms. The lowest BCUT2D eigenvalue weighted by Gasteiger charge is -2.29. The highest BCUT2D eigenvalue weighted by Gasteiger charge is 2.38. The van der Waals surface area contributed by atoms with E-state index in [-0.39, 0.29) is 36.3 Å². The Hall–Kier alpha value is -2.41.